The molecule has 222 valence electrons. The maximum atomic E-state index is 6.53. The van der Waals surface area contributed by atoms with Crippen molar-refractivity contribution in [3.05, 3.63) is 164 Å². The molecule has 10 rings (SSSR count). The Morgan fingerprint density at radius 2 is 1.28 bits per heavy atom. The van der Waals surface area contributed by atoms with Gasteiger partial charge in [-0.3, -0.25) is 0 Å². The summed E-state index contributed by atoms with van der Waals surface area (Å²) in [7, 11) is 0. The predicted molar refractivity (Wildman–Crippen MR) is 185 cm³/mol. The maximum Gasteiger partial charge on any atom is 0.452 e. The summed E-state index contributed by atoms with van der Waals surface area (Å²) in [6.07, 6.45) is 6.46. The highest BCUT2D eigenvalue weighted by molar-refractivity contribution is 6.14. The molecule has 0 amide bonds. The van der Waals surface area contributed by atoms with Crippen LogP contribution in [0.25, 0.3) is 66.2 Å². The van der Waals surface area contributed by atoms with Crippen LogP contribution < -0.4 is 13.8 Å². The molecular formula is C42H31N4O+3. The molecule has 9 aromatic rings. The van der Waals surface area contributed by atoms with Crippen LogP contribution in [0.4, 0.5) is 0 Å². The Labute approximate surface area is 271 Å². The lowest BCUT2D eigenvalue weighted by Gasteiger charge is -2.21. The van der Waals surface area contributed by atoms with Crippen molar-refractivity contribution < 1.29 is 18.2 Å². The van der Waals surface area contributed by atoms with Gasteiger partial charge < -0.3 is 4.42 Å². The zero-order valence-corrected chi connectivity index (χ0v) is 26.1. The SMILES string of the molecule is CC1(C)c2ccccc2-c2c1ccc1c3ccccc3n(-[n+]3c[n+](-c4ccccc4)c[n+](-c4cccc5c4oc4ccccc45)c3)c21. The molecule has 0 saturated carbocycles. The van der Waals surface area contributed by atoms with Gasteiger partial charge in [-0.2, -0.15) is 0 Å². The van der Waals surface area contributed by atoms with E-state index < -0.39 is 0 Å². The quantitative estimate of drug-likeness (QED) is 0.187. The Bertz CT molecular complexity index is 2720. The largest absolute Gasteiger partial charge is 0.452 e. The number of benzene rings is 6. The van der Waals surface area contributed by atoms with Crippen LogP contribution in [0.15, 0.2) is 157 Å². The maximum absolute atomic E-state index is 6.53. The van der Waals surface area contributed by atoms with Crippen LogP contribution >= 0.6 is 0 Å². The highest BCUT2D eigenvalue weighted by atomic mass is 16.3. The molecule has 0 N–H and O–H groups in total. The van der Waals surface area contributed by atoms with Gasteiger partial charge in [-0.15, -0.1) is 4.68 Å². The first kappa shape index (κ1) is 26.2. The van der Waals surface area contributed by atoms with Crippen LogP contribution in [0.5, 0.6) is 0 Å². The van der Waals surface area contributed by atoms with Crippen molar-refractivity contribution in [1.29, 1.82) is 0 Å². The molecule has 1 aliphatic carbocycles. The molecule has 0 radical (unpaired) electrons. The minimum absolute atomic E-state index is 0.108. The van der Waals surface area contributed by atoms with E-state index >= 15 is 0 Å². The van der Waals surface area contributed by atoms with Gasteiger partial charge in [-0.1, -0.05) is 111 Å². The molecule has 3 heterocycles. The Hall–Kier alpha value is -6.07. The summed E-state index contributed by atoms with van der Waals surface area (Å²) in [5, 5.41) is 4.67. The van der Waals surface area contributed by atoms with E-state index in [9.17, 15) is 0 Å². The molecule has 0 saturated heterocycles. The second-order valence-corrected chi connectivity index (χ2v) is 13.0. The summed E-state index contributed by atoms with van der Waals surface area (Å²) in [6.45, 7) is 4.69. The van der Waals surface area contributed by atoms with Crippen LogP contribution in [0.1, 0.15) is 25.0 Å². The van der Waals surface area contributed by atoms with Gasteiger partial charge in [0.2, 0.25) is 11.3 Å². The van der Waals surface area contributed by atoms with Crippen molar-refractivity contribution in [3.8, 4) is 22.5 Å². The molecule has 0 atom stereocenters. The highest BCUT2D eigenvalue weighted by Crippen LogP contribution is 2.52. The number of rotatable bonds is 3. The molecule has 0 unspecified atom stereocenters. The third kappa shape index (κ3) is 3.62. The molecular weight excluding hydrogens is 576 g/mol. The number of para-hydroxylation sites is 4. The van der Waals surface area contributed by atoms with Crippen molar-refractivity contribution in [2.45, 2.75) is 19.3 Å². The van der Waals surface area contributed by atoms with E-state index in [1.54, 1.807) is 0 Å². The lowest BCUT2D eigenvalue weighted by Crippen LogP contribution is -2.58. The smallest absolute Gasteiger partial charge is 0.449 e. The topological polar surface area (TPSA) is 29.7 Å². The normalized spacial score (nSPS) is 13.5. The predicted octanol–water partition coefficient (Wildman–Crippen LogP) is 8.15. The summed E-state index contributed by atoms with van der Waals surface area (Å²) in [6, 6.07) is 47.4. The molecule has 0 fully saturated rings. The average molecular weight is 608 g/mol. The number of furan rings is 1. The minimum Gasteiger partial charge on any atom is -0.449 e. The average Bonchev–Trinajstić information content (AvgIpc) is 3.74. The number of hydrogen-bond acceptors (Lipinski definition) is 1. The first-order valence-corrected chi connectivity index (χ1v) is 16.1. The van der Waals surface area contributed by atoms with Gasteiger partial charge >= 0.3 is 19.0 Å². The van der Waals surface area contributed by atoms with Crippen LogP contribution in [0.3, 0.4) is 0 Å². The van der Waals surface area contributed by atoms with E-state index in [1.807, 2.05) is 12.1 Å². The number of fused-ring (bicyclic) bond motifs is 10. The standard InChI is InChI=1S/C42H31N4O/c1-42(2)34-19-9-6-17-33(34)39-35(42)24-23-31-29-15-7-10-20-36(29)46(40(31)39)45-26-43(28-13-4-3-5-14-28)25-44(27-45)37-21-12-18-32-30-16-8-11-22-38(30)47-41(32)37/h3-27H,1-2H3/q+3. The fourth-order valence-electron chi connectivity index (χ4n) is 7.83. The van der Waals surface area contributed by atoms with E-state index in [0.717, 1.165) is 38.8 Å². The van der Waals surface area contributed by atoms with Crippen LogP contribution in [-0.2, 0) is 5.41 Å². The highest BCUT2D eigenvalue weighted by Gasteiger charge is 2.39. The van der Waals surface area contributed by atoms with Gasteiger partial charge in [0.25, 0.3) is 5.69 Å². The molecule has 0 spiro atoms. The molecule has 0 aliphatic heterocycles. The van der Waals surface area contributed by atoms with Crippen LogP contribution in [0, 0.1) is 0 Å². The molecule has 6 aromatic carbocycles. The van der Waals surface area contributed by atoms with Crippen molar-refractivity contribution in [2.75, 3.05) is 0 Å². The zero-order chi connectivity index (χ0) is 31.3. The van der Waals surface area contributed by atoms with E-state index in [1.165, 1.54) is 38.5 Å². The molecule has 5 nitrogen and oxygen atoms in total. The lowest BCUT2D eigenvalue weighted by molar-refractivity contribution is -0.901. The van der Waals surface area contributed by atoms with Gasteiger partial charge in [0.15, 0.2) is 0 Å². The van der Waals surface area contributed by atoms with E-state index in [2.05, 4.69) is 173 Å². The Kier molecular flexibility index (Phi) is 5.28. The number of aromatic nitrogens is 4. The molecule has 5 heteroatoms. The van der Waals surface area contributed by atoms with Gasteiger partial charge in [-0.25, -0.2) is 0 Å². The van der Waals surface area contributed by atoms with Gasteiger partial charge in [0.05, 0.1) is 0 Å². The number of hydrogen-bond donors (Lipinski definition) is 0. The lowest BCUT2D eigenvalue weighted by atomic mass is 9.82. The van der Waals surface area contributed by atoms with Crippen molar-refractivity contribution in [2.24, 2.45) is 0 Å². The van der Waals surface area contributed by atoms with Crippen LogP contribution in [-0.4, -0.2) is 4.68 Å². The Morgan fingerprint density at radius 1 is 0.553 bits per heavy atom. The molecule has 0 bridgehead atoms. The minimum atomic E-state index is -0.108. The fourth-order valence-corrected chi connectivity index (χ4v) is 7.83. The van der Waals surface area contributed by atoms with Crippen LogP contribution in [0.2, 0.25) is 0 Å². The van der Waals surface area contributed by atoms with E-state index in [4.69, 9.17) is 4.42 Å². The molecule has 1 aliphatic rings. The first-order valence-electron chi connectivity index (χ1n) is 16.1. The van der Waals surface area contributed by atoms with E-state index in [-0.39, 0.29) is 5.41 Å². The fraction of sp³-hybridized carbons (Fsp3) is 0.0714. The monoisotopic (exact) mass is 607 g/mol. The Morgan fingerprint density at radius 3 is 2.17 bits per heavy atom. The third-order valence-corrected chi connectivity index (χ3v) is 10.0. The second kappa shape index (κ2) is 9.47. The van der Waals surface area contributed by atoms with Gasteiger partial charge in [0.1, 0.15) is 16.6 Å². The molecule has 47 heavy (non-hydrogen) atoms. The summed E-state index contributed by atoms with van der Waals surface area (Å²) in [5.74, 6) is 0. The second-order valence-electron chi connectivity index (χ2n) is 13.0. The third-order valence-electron chi connectivity index (χ3n) is 10.0. The molecule has 3 aromatic heterocycles. The van der Waals surface area contributed by atoms with Crippen molar-refractivity contribution in [1.82, 2.24) is 4.68 Å². The summed E-state index contributed by atoms with van der Waals surface area (Å²) < 4.78 is 15.5. The van der Waals surface area contributed by atoms with Gasteiger partial charge in [-0.05, 0) is 44.0 Å². The summed E-state index contributed by atoms with van der Waals surface area (Å²) >= 11 is 0. The first-order chi connectivity index (χ1) is 23.1. The number of nitrogens with zero attached hydrogens (tertiary/aromatic N) is 4. The summed E-state index contributed by atoms with van der Waals surface area (Å²) in [4.78, 5) is 0. The van der Waals surface area contributed by atoms with Crippen molar-refractivity contribution >= 4 is 43.7 Å². The van der Waals surface area contributed by atoms with Crippen molar-refractivity contribution in [3.63, 3.8) is 0 Å². The zero-order valence-electron chi connectivity index (χ0n) is 26.1. The summed E-state index contributed by atoms with van der Waals surface area (Å²) in [5.41, 5.74) is 11.3. The Balaban J connectivity index is 1.34. The van der Waals surface area contributed by atoms with Gasteiger partial charge in [0, 0.05) is 55.4 Å². The van der Waals surface area contributed by atoms with E-state index in [0.29, 0.717) is 0 Å².